The highest BCUT2D eigenvalue weighted by Crippen LogP contribution is 2.37. The molecule has 88 valence electrons. The Morgan fingerprint density at radius 3 is 2.47 bits per heavy atom. The zero-order chi connectivity index (χ0) is 10.6. The molecule has 0 spiro atoms. The average Bonchev–Trinajstić information content (AvgIpc) is 2.62. The van der Waals surface area contributed by atoms with E-state index in [4.69, 9.17) is 4.74 Å². The van der Waals surface area contributed by atoms with E-state index in [1.807, 2.05) is 0 Å². The van der Waals surface area contributed by atoms with E-state index in [2.05, 4.69) is 12.2 Å². The van der Waals surface area contributed by atoms with Gasteiger partial charge in [-0.1, -0.05) is 19.8 Å². The lowest BCUT2D eigenvalue weighted by molar-refractivity contribution is -0.116. The Kier molecular flexibility index (Phi) is 4.04. The Bertz CT molecular complexity index is 183. The van der Waals surface area contributed by atoms with Crippen molar-refractivity contribution < 1.29 is 4.74 Å². The van der Waals surface area contributed by atoms with Crippen molar-refractivity contribution in [2.45, 2.75) is 70.0 Å². The van der Waals surface area contributed by atoms with Crippen molar-refractivity contribution in [3.63, 3.8) is 0 Å². The third-order valence-corrected chi connectivity index (χ3v) is 3.86. The number of ether oxygens (including phenoxy) is 1. The summed E-state index contributed by atoms with van der Waals surface area (Å²) in [6, 6.07) is 0. The zero-order valence-corrected chi connectivity index (χ0v) is 10.1. The molecule has 2 aliphatic rings. The van der Waals surface area contributed by atoms with Crippen molar-refractivity contribution in [1.82, 2.24) is 5.32 Å². The second-order valence-corrected chi connectivity index (χ2v) is 5.24. The van der Waals surface area contributed by atoms with Crippen LogP contribution in [-0.2, 0) is 4.74 Å². The summed E-state index contributed by atoms with van der Waals surface area (Å²) in [5.41, 5.74) is 0.209. The minimum Gasteiger partial charge on any atom is -0.370 e. The highest BCUT2D eigenvalue weighted by atomic mass is 16.5. The van der Waals surface area contributed by atoms with E-state index in [-0.39, 0.29) is 5.60 Å². The first-order chi connectivity index (χ1) is 7.35. The van der Waals surface area contributed by atoms with E-state index >= 15 is 0 Å². The minimum absolute atomic E-state index is 0.209. The van der Waals surface area contributed by atoms with Gasteiger partial charge in [0.1, 0.15) is 0 Å². The molecule has 0 amide bonds. The van der Waals surface area contributed by atoms with Crippen molar-refractivity contribution in [1.29, 1.82) is 0 Å². The molecule has 2 heteroatoms. The maximum atomic E-state index is 6.32. The van der Waals surface area contributed by atoms with Gasteiger partial charge in [-0.25, -0.2) is 0 Å². The summed E-state index contributed by atoms with van der Waals surface area (Å²) in [6.07, 6.45) is 11.1. The number of rotatable bonds is 6. The van der Waals surface area contributed by atoms with Crippen LogP contribution >= 0.6 is 0 Å². The van der Waals surface area contributed by atoms with Crippen LogP contribution in [-0.4, -0.2) is 24.8 Å². The second-order valence-electron chi connectivity index (χ2n) is 5.24. The monoisotopic (exact) mass is 211 g/mol. The molecule has 0 heterocycles. The second kappa shape index (κ2) is 5.31. The van der Waals surface area contributed by atoms with Crippen LogP contribution in [0.4, 0.5) is 0 Å². The van der Waals surface area contributed by atoms with Crippen molar-refractivity contribution in [3.05, 3.63) is 0 Å². The first kappa shape index (κ1) is 11.4. The van der Waals surface area contributed by atoms with E-state index in [1.54, 1.807) is 0 Å². The summed E-state index contributed by atoms with van der Waals surface area (Å²) in [6.45, 7) is 4.44. The largest absolute Gasteiger partial charge is 0.370 e. The fraction of sp³-hybridized carbons (Fsp3) is 1.00. The van der Waals surface area contributed by atoms with Gasteiger partial charge >= 0.3 is 0 Å². The van der Waals surface area contributed by atoms with Gasteiger partial charge in [0.15, 0.2) is 0 Å². The molecule has 2 saturated carbocycles. The lowest BCUT2D eigenvalue weighted by Gasteiger charge is -2.38. The van der Waals surface area contributed by atoms with E-state index in [1.165, 1.54) is 51.4 Å². The summed E-state index contributed by atoms with van der Waals surface area (Å²) < 4.78 is 6.32. The van der Waals surface area contributed by atoms with Crippen molar-refractivity contribution in [3.8, 4) is 0 Å². The van der Waals surface area contributed by atoms with Gasteiger partial charge in [0.2, 0.25) is 0 Å². The van der Waals surface area contributed by atoms with Gasteiger partial charge in [-0.05, 0) is 45.1 Å². The molecule has 1 N–H and O–H groups in total. The summed E-state index contributed by atoms with van der Waals surface area (Å²) in [7, 11) is 0. The predicted octanol–water partition coefficient (Wildman–Crippen LogP) is 2.87. The van der Waals surface area contributed by atoms with Gasteiger partial charge in [0.25, 0.3) is 0 Å². The highest BCUT2D eigenvalue weighted by Gasteiger charge is 2.37. The lowest BCUT2D eigenvalue weighted by atomic mass is 9.93. The molecule has 2 nitrogen and oxygen atoms in total. The molecular formula is C13H25NO. The summed E-state index contributed by atoms with van der Waals surface area (Å²) in [5, 5.41) is 3.55. The zero-order valence-electron chi connectivity index (χ0n) is 10.1. The van der Waals surface area contributed by atoms with Crippen LogP contribution in [0.2, 0.25) is 0 Å². The Balaban J connectivity index is 1.79. The topological polar surface area (TPSA) is 21.3 Å². The number of hydrogen-bond acceptors (Lipinski definition) is 2. The predicted molar refractivity (Wildman–Crippen MR) is 63.1 cm³/mol. The fourth-order valence-electron chi connectivity index (χ4n) is 2.69. The van der Waals surface area contributed by atoms with E-state index < -0.39 is 0 Å². The van der Waals surface area contributed by atoms with E-state index in [9.17, 15) is 0 Å². The van der Waals surface area contributed by atoms with Gasteiger partial charge in [-0.2, -0.15) is 0 Å². The molecule has 2 fully saturated rings. The number of nitrogens with one attached hydrogen (secondary N) is 1. The average molecular weight is 211 g/mol. The first-order valence-electron chi connectivity index (χ1n) is 6.73. The van der Waals surface area contributed by atoms with Crippen LogP contribution < -0.4 is 5.32 Å². The molecule has 2 aliphatic carbocycles. The summed E-state index contributed by atoms with van der Waals surface area (Å²) >= 11 is 0. The third kappa shape index (κ3) is 2.94. The van der Waals surface area contributed by atoms with Crippen molar-refractivity contribution in [2.24, 2.45) is 0 Å². The van der Waals surface area contributed by atoms with E-state index in [0.717, 1.165) is 13.1 Å². The van der Waals surface area contributed by atoms with E-state index in [0.29, 0.717) is 6.10 Å². The summed E-state index contributed by atoms with van der Waals surface area (Å²) in [5.74, 6) is 0. The lowest BCUT2D eigenvalue weighted by Crippen LogP contribution is -2.45. The molecule has 0 saturated heterocycles. The molecule has 0 aromatic carbocycles. The first-order valence-corrected chi connectivity index (χ1v) is 6.73. The minimum atomic E-state index is 0.209. The molecule has 0 atom stereocenters. The van der Waals surface area contributed by atoms with Crippen LogP contribution in [0.5, 0.6) is 0 Å². The summed E-state index contributed by atoms with van der Waals surface area (Å²) in [4.78, 5) is 0. The SMILES string of the molecule is CCCNCC1(OC2CCC2)CCCC1. The third-order valence-electron chi connectivity index (χ3n) is 3.86. The molecule has 0 bridgehead atoms. The maximum Gasteiger partial charge on any atom is 0.0810 e. The Hall–Kier alpha value is -0.0800. The van der Waals surface area contributed by atoms with Crippen LogP contribution in [0.25, 0.3) is 0 Å². The van der Waals surface area contributed by atoms with Crippen molar-refractivity contribution >= 4 is 0 Å². The highest BCUT2D eigenvalue weighted by molar-refractivity contribution is 4.90. The van der Waals surface area contributed by atoms with Crippen LogP contribution in [0, 0.1) is 0 Å². The Labute approximate surface area is 93.8 Å². The number of hydrogen-bond donors (Lipinski definition) is 1. The molecule has 2 rings (SSSR count). The smallest absolute Gasteiger partial charge is 0.0810 e. The molecule has 15 heavy (non-hydrogen) atoms. The molecule has 0 radical (unpaired) electrons. The van der Waals surface area contributed by atoms with Crippen LogP contribution in [0.15, 0.2) is 0 Å². The van der Waals surface area contributed by atoms with Gasteiger partial charge in [0.05, 0.1) is 11.7 Å². The molecule has 0 aromatic heterocycles. The van der Waals surface area contributed by atoms with Gasteiger partial charge in [-0.15, -0.1) is 0 Å². The normalized spacial score (nSPS) is 25.4. The van der Waals surface area contributed by atoms with Crippen molar-refractivity contribution in [2.75, 3.05) is 13.1 Å². The van der Waals surface area contributed by atoms with Gasteiger partial charge in [0, 0.05) is 6.54 Å². The van der Waals surface area contributed by atoms with Gasteiger partial charge < -0.3 is 10.1 Å². The fourth-order valence-corrected chi connectivity index (χ4v) is 2.69. The Morgan fingerprint density at radius 2 is 1.93 bits per heavy atom. The van der Waals surface area contributed by atoms with Crippen LogP contribution in [0.1, 0.15) is 58.3 Å². The molecule has 0 aromatic rings. The Morgan fingerprint density at radius 1 is 1.20 bits per heavy atom. The quantitative estimate of drug-likeness (QED) is 0.682. The van der Waals surface area contributed by atoms with Gasteiger partial charge in [-0.3, -0.25) is 0 Å². The standard InChI is InChI=1S/C13H25NO/c1-2-10-14-11-13(8-3-4-9-13)15-12-6-5-7-12/h12,14H,2-11H2,1H3. The maximum absolute atomic E-state index is 6.32. The molecule has 0 unspecified atom stereocenters. The molecular weight excluding hydrogens is 186 g/mol. The van der Waals surface area contributed by atoms with Crippen LogP contribution in [0.3, 0.4) is 0 Å². The molecule has 0 aliphatic heterocycles.